The van der Waals surface area contributed by atoms with E-state index >= 15 is 0 Å². The molecule has 0 aromatic heterocycles. The van der Waals surface area contributed by atoms with E-state index in [0.29, 0.717) is 29.8 Å². The predicted molar refractivity (Wildman–Crippen MR) is 98.9 cm³/mol. The third-order valence-electron chi connectivity index (χ3n) is 4.63. The maximum Gasteiger partial charge on any atom is 0.511 e. The van der Waals surface area contributed by atoms with Crippen LogP contribution in [0.3, 0.4) is 0 Å². The molecule has 0 amide bonds. The lowest BCUT2D eigenvalue weighted by Gasteiger charge is -2.29. The Morgan fingerprint density at radius 3 is 2.33 bits per heavy atom. The average Bonchev–Trinajstić information content (AvgIpc) is 2.59. The summed E-state index contributed by atoms with van der Waals surface area (Å²) in [5.74, 6) is 0.792. The molecular formula is C19H21NO6S. The van der Waals surface area contributed by atoms with E-state index in [0.717, 1.165) is 11.1 Å². The largest absolute Gasteiger partial charge is 0.511 e. The summed E-state index contributed by atoms with van der Waals surface area (Å²) in [7, 11) is -2.16. The summed E-state index contributed by atoms with van der Waals surface area (Å²) < 4.78 is 37.8. The first-order chi connectivity index (χ1) is 12.7. The highest BCUT2D eigenvalue weighted by molar-refractivity contribution is 7.89. The molecule has 0 bridgehead atoms. The van der Waals surface area contributed by atoms with Crippen LogP contribution in [0, 0.1) is 13.8 Å². The minimum Gasteiger partial charge on any atom is -0.497 e. The molecule has 0 atom stereocenters. The van der Waals surface area contributed by atoms with Gasteiger partial charge in [-0.15, -0.1) is 0 Å². The van der Waals surface area contributed by atoms with Gasteiger partial charge in [0.2, 0.25) is 10.0 Å². The van der Waals surface area contributed by atoms with Gasteiger partial charge >= 0.3 is 6.16 Å². The van der Waals surface area contributed by atoms with E-state index in [9.17, 15) is 13.2 Å². The molecule has 1 N–H and O–H groups in total. The zero-order chi connectivity index (χ0) is 19.8. The molecule has 0 radical (unpaired) electrons. The second-order valence-corrected chi connectivity index (χ2v) is 8.35. The maximum atomic E-state index is 13.3. The number of carbonyl (C=O) groups is 1. The standard InChI is InChI=1S/C19H21NO6S/c1-12-8-17(25-3)9-13(2)18(12)27(23,24)20-7-6-14-4-5-16(26-19(21)22)10-15(14)11-20/h4-5,8-10H,6-7,11H2,1-3H3,(H,21,22). The van der Waals surface area contributed by atoms with Gasteiger partial charge in [-0.05, 0) is 66.8 Å². The van der Waals surface area contributed by atoms with Crippen LogP contribution in [0.4, 0.5) is 4.79 Å². The Labute approximate surface area is 158 Å². The van der Waals surface area contributed by atoms with Gasteiger partial charge in [0.05, 0.1) is 12.0 Å². The zero-order valence-electron chi connectivity index (χ0n) is 15.4. The van der Waals surface area contributed by atoms with Gasteiger partial charge in [-0.25, -0.2) is 13.2 Å². The molecular weight excluding hydrogens is 370 g/mol. The van der Waals surface area contributed by atoms with Crippen molar-refractivity contribution in [2.45, 2.75) is 31.7 Å². The van der Waals surface area contributed by atoms with E-state index in [2.05, 4.69) is 4.74 Å². The highest BCUT2D eigenvalue weighted by Crippen LogP contribution is 2.32. The van der Waals surface area contributed by atoms with Crippen molar-refractivity contribution >= 4 is 16.2 Å². The lowest BCUT2D eigenvalue weighted by Crippen LogP contribution is -2.36. The average molecular weight is 391 g/mol. The van der Waals surface area contributed by atoms with Gasteiger partial charge in [-0.1, -0.05) is 6.07 Å². The number of fused-ring (bicyclic) bond motifs is 1. The van der Waals surface area contributed by atoms with Crippen molar-refractivity contribution in [2.75, 3.05) is 13.7 Å². The molecule has 1 aliphatic rings. The Bertz CT molecular complexity index is 976. The van der Waals surface area contributed by atoms with Crippen LogP contribution in [0.2, 0.25) is 0 Å². The molecule has 0 unspecified atom stereocenters. The fourth-order valence-electron chi connectivity index (χ4n) is 3.44. The molecule has 7 nitrogen and oxygen atoms in total. The summed E-state index contributed by atoms with van der Waals surface area (Å²) in [5, 5.41) is 8.77. The summed E-state index contributed by atoms with van der Waals surface area (Å²) in [6, 6.07) is 8.35. The summed E-state index contributed by atoms with van der Waals surface area (Å²) in [6.07, 6.45) is -0.851. The molecule has 0 fully saturated rings. The quantitative estimate of drug-likeness (QED) is 0.636. The first-order valence-electron chi connectivity index (χ1n) is 8.40. The number of ether oxygens (including phenoxy) is 2. The molecule has 1 heterocycles. The van der Waals surface area contributed by atoms with Gasteiger partial charge in [0.1, 0.15) is 11.5 Å². The molecule has 27 heavy (non-hydrogen) atoms. The van der Waals surface area contributed by atoms with E-state index < -0.39 is 16.2 Å². The van der Waals surface area contributed by atoms with Gasteiger partial charge in [0.25, 0.3) is 0 Å². The van der Waals surface area contributed by atoms with Crippen molar-refractivity contribution in [2.24, 2.45) is 0 Å². The number of hydrogen-bond acceptors (Lipinski definition) is 5. The number of rotatable bonds is 4. The highest BCUT2D eigenvalue weighted by atomic mass is 32.2. The SMILES string of the molecule is COc1cc(C)c(S(=O)(=O)N2CCc3ccc(OC(=O)O)cc3C2)c(C)c1. The van der Waals surface area contributed by atoms with Gasteiger partial charge < -0.3 is 14.6 Å². The van der Waals surface area contributed by atoms with Gasteiger partial charge in [-0.3, -0.25) is 0 Å². The molecule has 1 aliphatic heterocycles. The number of hydrogen-bond donors (Lipinski definition) is 1. The van der Waals surface area contributed by atoms with Crippen LogP contribution in [0.1, 0.15) is 22.3 Å². The Balaban J connectivity index is 1.95. The van der Waals surface area contributed by atoms with Crippen LogP contribution in [0.15, 0.2) is 35.2 Å². The second-order valence-electron chi connectivity index (χ2n) is 6.48. The minimum atomic E-state index is -3.71. The van der Waals surface area contributed by atoms with E-state index in [1.807, 2.05) is 0 Å². The third-order valence-corrected chi connectivity index (χ3v) is 6.78. The van der Waals surface area contributed by atoms with Crippen LogP contribution >= 0.6 is 0 Å². The van der Waals surface area contributed by atoms with E-state index in [-0.39, 0.29) is 17.2 Å². The van der Waals surface area contributed by atoms with Crippen molar-refractivity contribution in [3.8, 4) is 11.5 Å². The van der Waals surface area contributed by atoms with E-state index in [4.69, 9.17) is 9.84 Å². The summed E-state index contributed by atoms with van der Waals surface area (Å²) >= 11 is 0. The van der Waals surface area contributed by atoms with Gasteiger partial charge in [0, 0.05) is 13.1 Å². The van der Waals surface area contributed by atoms with E-state index in [1.54, 1.807) is 51.3 Å². The molecule has 0 saturated carbocycles. The van der Waals surface area contributed by atoms with Crippen molar-refractivity contribution in [1.82, 2.24) is 4.31 Å². The summed E-state index contributed by atoms with van der Waals surface area (Å²) in [6.45, 7) is 4.02. The maximum absolute atomic E-state index is 13.3. The van der Waals surface area contributed by atoms with Crippen molar-refractivity contribution < 1.29 is 27.8 Å². The van der Waals surface area contributed by atoms with E-state index in [1.165, 1.54) is 4.31 Å². The molecule has 8 heteroatoms. The first-order valence-corrected chi connectivity index (χ1v) is 9.84. The van der Waals surface area contributed by atoms with Crippen LogP contribution in [0.5, 0.6) is 11.5 Å². The van der Waals surface area contributed by atoms with Crippen LogP contribution in [-0.4, -0.2) is 37.6 Å². The predicted octanol–water partition coefficient (Wildman–Crippen LogP) is 3.12. The van der Waals surface area contributed by atoms with Gasteiger partial charge in [0.15, 0.2) is 0 Å². The Hall–Kier alpha value is -2.58. The lowest BCUT2D eigenvalue weighted by molar-refractivity contribution is 0.144. The lowest BCUT2D eigenvalue weighted by atomic mass is 10.0. The van der Waals surface area contributed by atoms with Crippen LogP contribution in [0.25, 0.3) is 0 Å². The molecule has 0 spiro atoms. The summed E-state index contributed by atoms with van der Waals surface area (Å²) in [5.41, 5.74) is 2.98. The first kappa shape index (κ1) is 19.2. The summed E-state index contributed by atoms with van der Waals surface area (Å²) in [4.78, 5) is 11.0. The molecule has 144 valence electrons. The second kappa shape index (κ2) is 7.21. The fourth-order valence-corrected chi connectivity index (χ4v) is 5.27. The minimum absolute atomic E-state index is 0.166. The number of nitrogens with zero attached hydrogens (tertiary/aromatic N) is 1. The Morgan fingerprint density at radius 2 is 1.74 bits per heavy atom. The highest BCUT2D eigenvalue weighted by Gasteiger charge is 2.31. The molecule has 2 aromatic carbocycles. The Kier molecular flexibility index (Phi) is 5.12. The number of benzene rings is 2. The monoisotopic (exact) mass is 391 g/mol. The molecule has 3 rings (SSSR count). The number of methoxy groups -OCH3 is 1. The molecule has 0 saturated heterocycles. The molecule has 0 aliphatic carbocycles. The third kappa shape index (κ3) is 3.77. The molecule has 2 aromatic rings. The number of carboxylic acid groups (broad SMARTS) is 1. The van der Waals surface area contributed by atoms with Gasteiger partial charge in [-0.2, -0.15) is 4.31 Å². The zero-order valence-corrected chi connectivity index (χ0v) is 16.2. The van der Waals surface area contributed by atoms with Crippen LogP contribution < -0.4 is 9.47 Å². The van der Waals surface area contributed by atoms with Crippen molar-refractivity contribution in [3.63, 3.8) is 0 Å². The topological polar surface area (TPSA) is 93.1 Å². The smallest absolute Gasteiger partial charge is 0.497 e. The normalized spacial score (nSPS) is 14.5. The Morgan fingerprint density at radius 1 is 1.07 bits per heavy atom. The van der Waals surface area contributed by atoms with Crippen molar-refractivity contribution in [3.05, 3.63) is 52.6 Å². The number of sulfonamides is 1. The van der Waals surface area contributed by atoms with Crippen LogP contribution in [-0.2, 0) is 23.0 Å². The van der Waals surface area contributed by atoms with Crippen molar-refractivity contribution in [1.29, 1.82) is 0 Å². The number of aryl methyl sites for hydroxylation is 2. The fraction of sp³-hybridized carbons (Fsp3) is 0.316.